The first-order valence-corrected chi connectivity index (χ1v) is 5.36. The van der Waals surface area contributed by atoms with E-state index in [2.05, 4.69) is 20.9 Å². The smallest absolute Gasteiger partial charge is 0.307 e. The number of rotatable bonds is 2. The van der Waals surface area contributed by atoms with Crippen molar-refractivity contribution in [2.75, 3.05) is 0 Å². The third kappa shape index (κ3) is 1.77. The number of hydrogen-bond acceptors (Lipinski definition) is 1. The summed E-state index contributed by atoms with van der Waals surface area (Å²) in [4.78, 5) is 13.9. The number of benzene rings is 1. The van der Waals surface area contributed by atoms with Crippen LogP contribution < -0.4 is 0 Å². The van der Waals surface area contributed by atoms with E-state index in [1.54, 1.807) is 0 Å². The number of aliphatic carboxylic acids is 1. The average Bonchev–Trinajstić information content (AvgIpc) is 2.45. The Morgan fingerprint density at radius 2 is 2.27 bits per heavy atom. The normalized spacial score (nSPS) is 10.8. The Kier molecular flexibility index (Phi) is 2.52. The van der Waals surface area contributed by atoms with Gasteiger partial charge in [-0.25, -0.2) is 0 Å². The maximum Gasteiger partial charge on any atom is 0.307 e. The molecule has 0 bridgehead atoms. The molecule has 1 aromatic heterocycles. The predicted octanol–water partition coefficient (Wildman–Crippen LogP) is 2.87. The van der Waals surface area contributed by atoms with Crippen LogP contribution in [0.4, 0.5) is 0 Å². The second-order valence-electron chi connectivity index (χ2n) is 3.46. The van der Waals surface area contributed by atoms with Crippen LogP contribution in [0, 0.1) is 6.92 Å². The van der Waals surface area contributed by atoms with Gasteiger partial charge < -0.3 is 10.1 Å². The van der Waals surface area contributed by atoms with Crippen molar-refractivity contribution in [3.05, 3.63) is 33.9 Å². The summed E-state index contributed by atoms with van der Waals surface area (Å²) in [5.74, 6) is -0.807. The lowest BCUT2D eigenvalue weighted by Gasteiger charge is -1.96. The molecular weight excluding hydrogens is 258 g/mol. The number of carboxylic acid groups (broad SMARTS) is 1. The van der Waals surface area contributed by atoms with Crippen molar-refractivity contribution in [2.45, 2.75) is 13.3 Å². The zero-order valence-corrected chi connectivity index (χ0v) is 9.76. The Balaban J connectivity index is 2.68. The summed E-state index contributed by atoms with van der Waals surface area (Å²) >= 11 is 3.43. The number of para-hydroxylation sites is 1. The van der Waals surface area contributed by atoms with Crippen LogP contribution in [0.25, 0.3) is 10.9 Å². The van der Waals surface area contributed by atoms with Crippen molar-refractivity contribution in [3.63, 3.8) is 0 Å². The van der Waals surface area contributed by atoms with Gasteiger partial charge >= 0.3 is 5.97 Å². The number of aromatic amines is 1. The number of fused-ring (bicyclic) bond motifs is 1. The molecule has 0 saturated heterocycles. The Bertz CT molecular complexity index is 531. The average molecular weight is 268 g/mol. The van der Waals surface area contributed by atoms with Gasteiger partial charge in [0.05, 0.1) is 11.9 Å². The van der Waals surface area contributed by atoms with Gasteiger partial charge in [-0.3, -0.25) is 4.79 Å². The molecule has 78 valence electrons. The molecule has 0 radical (unpaired) electrons. The molecule has 0 aliphatic heterocycles. The Labute approximate surface area is 95.2 Å². The standard InChI is InChI=1S/C11H10BrNO2/c1-6-8(5-10(14)15)7-3-2-4-9(12)11(7)13-6/h2-4,13H,5H2,1H3,(H,14,15). The van der Waals surface area contributed by atoms with Gasteiger partial charge in [0.15, 0.2) is 0 Å². The Hall–Kier alpha value is -1.29. The summed E-state index contributed by atoms with van der Waals surface area (Å²) in [7, 11) is 0. The van der Waals surface area contributed by atoms with Crippen LogP contribution in [0.5, 0.6) is 0 Å². The lowest BCUT2D eigenvalue weighted by molar-refractivity contribution is -0.136. The highest BCUT2D eigenvalue weighted by Crippen LogP contribution is 2.28. The molecular formula is C11H10BrNO2. The first kappa shape index (κ1) is 10.2. The van der Waals surface area contributed by atoms with Gasteiger partial charge in [0.1, 0.15) is 0 Å². The third-order valence-corrected chi connectivity index (χ3v) is 3.09. The number of carboxylic acids is 1. The largest absolute Gasteiger partial charge is 0.481 e. The summed E-state index contributed by atoms with van der Waals surface area (Å²) in [5, 5.41) is 9.79. The number of halogens is 1. The molecule has 0 amide bonds. The number of aryl methyl sites for hydroxylation is 1. The van der Waals surface area contributed by atoms with E-state index < -0.39 is 5.97 Å². The van der Waals surface area contributed by atoms with Crippen molar-refractivity contribution in [2.24, 2.45) is 0 Å². The summed E-state index contributed by atoms with van der Waals surface area (Å²) in [6.07, 6.45) is 0.0578. The number of nitrogens with one attached hydrogen (secondary N) is 1. The van der Waals surface area contributed by atoms with E-state index in [4.69, 9.17) is 5.11 Å². The highest BCUT2D eigenvalue weighted by Gasteiger charge is 2.12. The highest BCUT2D eigenvalue weighted by molar-refractivity contribution is 9.10. The van der Waals surface area contributed by atoms with Gasteiger partial charge in [-0.2, -0.15) is 0 Å². The predicted molar refractivity (Wildman–Crippen MR) is 62.1 cm³/mol. The molecule has 0 atom stereocenters. The Morgan fingerprint density at radius 1 is 1.53 bits per heavy atom. The van der Waals surface area contributed by atoms with E-state index in [9.17, 15) is 4.79 Å². The van der Waals surface area contributed by atoms with Crippen molar-refractivity contribution < 1.29 is 9.90 Å². The first-order valence-electron chi connectivity index (χ1n) is 4.57. The van der Waals surface area contributed by atoms with Crippen LogP contribution >= 0.6 is 15.9 Å². The first-order chi connectivity index (χ1) is 7.09. The molecule has 2 aromatic rings. The second kappa shape index (κ2) is 3.70. The molecule has 0 saturated carbocycles. The van der Waals surface area contributed by atoms with Crippen molar-refractivity contribution in [1.29, 1.82) is 0 Å². The van der Waals surface area contributed by atoms with E-state index in [0.717, 1.165) is 26.6 Å². The summed E-state index contributed by atoms with van der Waals surface area (Å²) in [6.45, 7) is 1.89. The molecule has 1 heterocycles. The third-order valence-electron chi connectivity index (χ3n) is 2.43. The molecule has 0 aliphatic rings. The molecule has 0 fully saturated rings. The molecule has 0 unspecified atom stereocenters. The van der Waals surface area contributed by atoms with E-state index in [1.807, 2.05) is 25.1 Å². The van der Waals surface area contributed by atoms with Crippen LogP contribution in [0.15, 0.2) is 22.7 Å². The zero-order chi connectivity index (χ0) is 11.0. The summed E-state index contributed by atoms with van der Waals surface area (Å²) in [6, 6.07) is 5.77. The molecule has 0 spiro atoms. The van der Waals surface area contributed by atoms with E-state index in [0.29, 0.717) is 0 Å². The van der Waals surface area contributed by atoms with Gasteiger partial charge in [-0.1, -0.05) is 12.1 Å². The lowest BCUT2D eigenvalue weighted by Crippen LogP contribution is -2.00. The molecule has 1 aromatic carbocycles. The number of aromatic nitrogens is 1. The topological polar surface area (TPSA) is 53.1 Å². The number of hydrogen-bond donors (Lipinski definition) is 2. The highest BCUT2D eigenvalue weighted by atomic mass is 79.9. The summed E-state index contributed by atoms with van der Waals surface area (Å²) < 4.78 is 0.958. The molecule has 0 aliphatic carbocycles. The monoisotopic (exact) mass is 267 g/mol. The van der Waals surface area contributed by atoms with Gasteiger partial charge in [0, 0.05) is 15.6 Å². The van der Waals surface area contributed by atoms with Gasteiger partial charge in [0.25, 0.3) is 0 Å². The van der Waals surface area contributed by atoms with E-state index >= 15 is 0 Å². The maximum absolute atomic E-state index is 10.7. The minimum absolute atomic E-state index is 0.0578. The van der Waals surface area contributed by atoms with Crippen LogP contribution in [-0.4, -0.2) is 16.1 Å². The number of carbonyl (C=O) groups is 1. The van der Waals surface area contributed by atoms with Crippen LogP contribution in [-0.2, 0) is 11.2 Å². The van der Waals surface area contributed by atoms with Crippen LogP contribution in [0.2, 0.25) is 0 Å². The molecule has 3 nitrogen and oxygen atoms in total. The molecule has 2 N–H and O–H groups in total. The van der Waals surface area contributed by atoms with E-state index in [-0.39, 0.29) is 6.42 Å². The maximum atomic E-state index is 10.7. The molecule has 4 heteroatoms. The number of H-pyrrole nitrogens is 1. The van der Waals surface area contributed by atoms with Crippen molar-refractivity contribution >= 4 is 32.8 Å². The van der Waals surface area contributed by atoms with E-state index in [1.165, 1.54) is 0 Å². The lowest BCUT2D eigenvalue weighted by atomic mass is 10.1. The second-order valence-corrected chi connectivity index (χ2v) is 4.32. The van der Waals surface area contributed by atoms with Crippen molar-refractivity contribution in [3.8, 4) is 0 Å². The fourth-order valence-corrected chi connectivity index (χ4v) is 2.21. The fraction of sp³-hybridized carbons (Fsp3) is 0.182. The van der Waals surface area contributed by atoms with Gasteiger partial charge in [-0.05, 0) is 34.5 Å². The van der Waals surface area contributed by atoms with Gasteiger partial charge in [-0.15, -0.1) is 0 Å². The Morgan fingerprint density at radius 3 is 2.93 bits per heavy atom. The van der Waals surface area contributed by atoms with Crippen LogP contribution in [0.3, 0.4) is 0 Å². The van der Waals surface area contributed by atoms with Crippen molar-refractivity contribution in [1.82, 2.24) is 4.98 Å². The SMILES string of the molecule is Cc1[nH]c2c(Br)cccc2c1CC(=O)O. The van der Waals surface area contributed by atoms with Crippen LogP contribution in [0.1, 0.15) is 11.3 Å². The summed E-state index contributed by atoms with van der Waals surface area (Å²) in [5.41, 5.74) is 2.74. The quantitative estimate of drug-likeness (QED) is 0.879. The molecule has 15 heavy (non-hydrogen) atoms. The minimum atomic E-state index is -0.807. The van der Waals surface area contributed by atoms with Gasteiger partial charge in [0.2, 0.25) is 0 Å². The fourth-order valence-electron chi connectivity index (χ4n) is 1.75. The minimum Gasteiger partial charge on any atom is -0.481 e. The molecule has 2 rings (SSSR count). The zero-order valence-electron chi connectivity index (χ0n) is 8.17.